The van der Waals surface area contributed by atoms with E-state index >= 15 is 0 Å². The van der Waals surface area contributed by atoms with Crippen LogP contribution in [-0.4, -0.2) is 157 Å². The van der Waals surface area contributed by atoms with Crippen molar-refractivity contribution in [3.8, 4) is 0 Å². The van der Waals surface area contributed by atoms with E-state index in [1.54, 1.807) is 7.11 Å². The molecule has 12 rings (SSSR count). The van der Waals surface area contributed by atoms with Crippen molar-refractivity contribution in [2.45, 2.75) is 165 Å². The number of carbonyl (C=O) groups excluding carboxylic acids is 2. The molecule has 586 valence electrons. The van der Waals surface area contributed by atoms with E-state index in [0.717, 1.165) is 50.1 Å². The van der Waals surface area contributed by atoms with Crippen LogP contribution in [0.2, 0.25) is 0 Å². The Hall–Kier alpha value is -8.92. The second-order valence-corrected chi connectivity index (χ2v) is 27.4. The fourth-order valence-electron chi connectivity index (χ4n) is 13.5. The summed E-state index contributed by atoms with van der Waals surface area (Å²) in [6.45, 7) is 2.91. The molecule has 111 heavy (non-hydrogen) atoms. The molecule has 0 radical (unpaired) electrons. The molecule has 0 unspecified atom stereocenters. The number of alkyl carbamates (subject to hydrolysis) is 1. The molecule has 9 aromatic carbocycles. The van der Waals surface area contributed by atoms with Crippen LogP contribution < -0.4 is 10.6 Å². The summed E-state index contributed by atoms with van der Waals surface area (Å²) in [6.07, 6.45) is -16.3. The van der Waals surface area contributed by atoms with Gasteiger partial charge >= 0.3 is 6.09 Å². The molecule has 3 saturated heterocycles. The van der Waals surface area contributed by atoms with E-state index in [4.69, 9.17) is 80.5 Å². The van der Waals surface area contributed by atoms with Gasteiger partial charge in [-0.05, 0) is 56.5 Å². The molecule has 9 aromatic rings. The summed E-state index contributed by atoms with van der Waals surface area (Å²) >= 11 is 0. The first-order valence-corrected chi connectivity index (χ1v) is 38.1. The zero-order valence-corrected chi connectivity index (χ0v) is 62.9. The molecule has 2 amide bonds. The van der Waals surface area contributed by atoms with Crippen LogP contribution in [0, 0.1) is 0 Å². The molecule has 3 aliphatic heterocycles. The van der Waals surface area contributed by atoms with Gasteiger partial charge in [0, 0.05) is 27.1 Å². The van der Waals surface area contributed by atoms with Crippen LogP contribution in [0.1, 0.15) is 63.4 Å². The Morgan fingerprint density at radius 2 is 0.559 bits per heavy atom. The van der Waals surface area contributed by atoms with Gasteiger partial charge in [0.25, 0.3) is 0 Å². The molecule has 3 fully saturated rings. The summed E-state index contributed by atoms with van der Waals surface area (Å²) in [5.74, 6) is -0.174. The third-order valence-corrected chi connectivity index (χ3v) is 19.1. The molecular weight excluding hydrogens is 1410 g/mol. The smallest absolute Gasteiger partial charge is 0.407 e. The zero-order valence-electron chi connectivity index (χ0n) is 62.9. The Balaban J connectivity index is 0.977. The number of rotatable bonds is 43. The first-order chi connectivity index (χ1) is 54.8. The summed E-state index contributed by atoms with van der Waals surface area (Å²) < 4.78 is 121. The van der Waals surface area contributed by atoms with Gasteiger partial charge in [0.2, 0.25) is 5.91 Å². The lowest BCUT2D eigenvalue weighted by atomic mass is 9.95. The molecule has 0 aromatic heterocycles. The highest BCUT2D eigenvalue weighted by molar-refractivity contribution is 5.72. The molecule has 0 aliphatic carbocycles. The molecular formula is C90H102N2O19. The Kier molecular flexibility index (Phi) is 33.0. The molecule has 0 bridgehead atoms. The van der Waals surface area contributed by atoms with Crippen molar-refractivity contribution in [3.05, 3.63) is 323 Å². The van der Waals surface area contributed by atoms with E-state index in [0.29, 0.717) is 13.0 Å². The van der Waals surface area contributed by atoms with Gasteiger partial charge in [-0.2, -0.15) is 0 Å². The van der Waals surface area contributed by atoms with Crippen LogP contribution in [0.25, 0.3) is 0 Å². The van der Waals surface area contributed by atoms with E-state index in [-0.39, 0.29) is 105 Å². The van der Waals surface area contributed by atoms with Crippen LogP contribution in [0.3, 0.4) is 0 Å². The Bertz CT molecular complexity index is 4030. The van der Waals surface area contributed by atoms with Crippen LogP contribution >= 0.6 is 0 Å². The highest BCUT2D eigenvalue weighted by Gasteiger charge is 2.57. The van der Waals surface area contributed by atoms with Gasteiger partial charge in [-0.1, -0.05) is 273 Å². The highest BCUT2D eigenvalue weighted by atomic mass is 16.8. The molecule has 0 spiro atoms. The SMILES string of the molecule is CO[C@@H]1O[C@H](COCc2ccccc2)[C@@H](O[C@@H]2O[C@H](COCc3ccccc3)[C@H](O[C@H]3O[C@H](COCc4ccccc4)[C@H](OCc4ccccc4)[C@H](OCc4ccccc4)[C@H]3OCc3ccccc3)[C@H](OCc3ccccc3)[C@H]2OCCOC(=O)NCCCNC(C)=O)[C@H](OCc2ccccc2)[C@H]1OCc1ccccc1. The number of amides is 2. The Labute approximate surface area is 650 Å². The molecule has 3 heterocycles. The van der Waals surface area contributed by atoms with Crippen LogP contribution in [-0.2, 0) is 145 Å². The van der Waals surface area contributed by atoms with Crippen molar-refractivity contribution in [3.63, 3.8) is 0 Å². The van der Waals surface area contributed by atoms with Crippen LogP contribution in [0.4, 0.5) is 4.79 Å². The van der Waals surface area contributed by atoms with Gasteiger partial charge in [0.1, 0.15) is 79.9 Å². The third-order valence-electron chi connectivity index (χ3n) is 19.1. The van der Waals surface area contributed by atoms with Crippen molar-refractivity contribution in [2.24, 2.45) is 0 Å². The van der Waals surface area contributed by atoms with Crippen molar-refractivity contribution in [2.75, 3.05) is 53.2 Å². The fraction of sp³-hybridized carbons (Fsp3) is 0.378. The summed E-state index contributed by atoms with van der Waals surface area (Å²) in [6, 6.07) is 88.9. The predicted octanol–water partition coefficient (Wildman–Crippen LogP) is 13.4. The van der Waals surface area contributed by atoms with Crippen molar-refractivity contribution in [1.29, 1.82) is 0 Å². The quantitative estimate of drug-likeness (QED) is 0.0340. The summed E-state index contributed by atoms with van der Waals surface area (Å²) in [4.78, 5) is 25.2. The number of nitrogens with one attached hydrogen (secondary N) is 2. The molecule has 15 atom stereocenters. The third kappa shape index (κ3) is 25.8. The van der Waals surface area contributed by atoms with Gasteiger partial charge in [0.05, 0.1) is 85.9 Å². The van der Waals surface area contributed by atoms with E-state index in [1.165, 1.54) is 6.92 Å². The van der Waals surface area contributed by atoms with E-state index in [1.807, 2.05) is 273 Å². The van der Waals surface area contributed by atoms with Crippen LogP contribution in [0.5, 0.6) is 0 Å². The number of ether oxygens (including phenoxy) is 17. The standard InChI is InChI=1S/C90H102N2O19/c1-65(93)91-49-30-50-92-90(94)100-52-51-99-85-83(104-59-72-43-24-9-25-44-72)80(111-89-86(106-61-74-47-28-11-29-48-74)81(102-57-70-39-20-7-21-40-70)78(101-56-69-37-18-6-19-38-69)75(108-89)62-96-53-66-31-12-3-13-32-66)77(64-98-55-68-35-16-5-17-36-68)109-88(85)110-79-76(63-97-54-67-33-14-4-15-34-67)107-87(95-2)84(105-60-73-45-26-10-27-46-73)82(79)103-58-71-41-22-8-23-42-71/h3-29,31-48,75-89H,30,49-64H2,1-2H3,(H,91,93)(H,92,94)/t75-,76-,77-,78+,79-,80+,81+,82+,83+,84-,85-,86-,87-,88+,89-/m1/s1. The summed E-state index contributed by atoms with van der Waals surface area (Å²) in [5.41, 5.74) is 8.13. The fourth-order valence-corrected chi connectivity index (χ4v) is 13.5. The second-order valence-electron chi connectivity index (χ2n) is 27.4. The minimum absolute atomic E-state index is 0.0193. The summed E-state index contributed by atoms with van der Waals surface area (Å²) in [7, 11) is 1.57. The number of hydrogen-bond donors (Lipinski definition) is 2. The van der Waals surface area contributed by atoms with Crippen molar-refractivity contribution < 1.29 is 90.1 Å². The number of carbonyl (C=O) groups is 2. The largest absolute Gasteiger partial charge is 0.447 e. The van der Waals surface area contributed by atoms with E-state index in [9.17, 15) is 9.59 Å². The van der Waals surface area contributed by atoms with E-state index in [2.05, 4.69) is 10.6 Å². The van der Waals surface area contributed by atoms with E-state index < -0.39 is 98.2 Å². The molecule has 21 heteroatoms. The molecule has 0 saturated carbocycles. The zero-order chi connectivity index (χ0) is 76.3. The maximum absolute atomic E-state index is 13.5. The van der Waals surface area contributed by atoms with Gasteiger partial charge in [-0.3, -0.25) is 4.79 Å². The van der Waals surface area contributed by atoms with Crippen molar-refractivity contribution in [1.82, 2.24) is 10.6 Å². The Morgan fingerprint density at radius 3 is 0.883 bits per heavy atom. The van der Waals surface area contributed by atoms with Gasteiger partial charge < -0.3 is 91.2 Å². The van der Waals surface area contributed by atoms with Gasteiger partial charge in [0.15, 0.2) is 18.9 Å². The lowest BCUT2D eigenvalue weighted by Crippen LogP contribution is -2.68. The van der Waals surface area contributed by atoms with Gasteiger partial charge in [-0.15, -0.1) is 0 Å². The average Bonchev–Trinajstić information content (AvgIpc) is 0.762. The molecule has 21 nitrogen and oxygen atoms in total. The second kappa shape index (κ2) is 44.9. The van der Waals surface area contributed by atoms with Gasteiger partial charge in [-0.25, -0.2) is 4.79 Å². The molecule has 2 N–H and O–H groups in total. The predicted molar refractivity (Wildman–Crippen MR) is 414 cm³/mol. The first kappa shape index (κ1) is 81.6. The number of hydrogen-bond acceptors (Lipinski definition) is 19. The first-order valence-electron chi connectivity index (χ1n) is 38.1. The maximum atomic E-state index is 13.5. The lowest BCUT2D eigenvalue weighted by molar-refractivity contribution is -0.394. The normalized spacial score (nSPS) is 23.8. The number of benzene rings is 9. The minimum Gasteiger partial charge on any atom is -0.447 e. The average molecular weight is 1520 g/mol. The maximum Gasteiger partial charge on any atom is 0.407 e. The topological polar surface area (TPSA) is 215 Å². The monoisotopic (exact) mass is 1510 g/mol. The minimum atomic E-state index is -1.42. The Morgan fingerprint density at radius 1 is 0.297 bits per heavy atom. The molecule has 3 aliphatic rings. The lowest BCUT2D eigenvalue weighted by Gasteiger charge is -2.51. The number of methoxy groups -OCH3 is 1. The highest BCUT2D eigenvalue weighted by Crippen LogP contribution is 2.40. The van der Waals surface area contributed by atoms with Crippen molar-refractivity contribution >= 4 is 12.0 Å². The summed E-state index contributed by atoms with van der Waals surface area (Å²) in [5, 5.41) is 5.55. The van der Waals surface area contributed by atoms with Crippen LogP contribution in [0.15, 0.2) is 273 Å².